The molecule has 2 N–H and O–H groups in total. The fraction of sp³-hybridized carbons (Fsp3) is 0.500. The molecule has 1 aromatic heterocycles. The summed E-state index contributed by atoms with van der Waals surface area (Å²) in [5.41, 5.74) is 5.79. The number of hydrogen-bond acceptors (Lipinski definition) is 2. The van der Waals surface area contributed by atoms with Crippen LogP contribution in [0.5, 0.6) is 0 Å². The molecule has 0 saturated carbocycles. The van der Waals surface area contributed by atoms with Gasteiger partial charge in [-0.2, -0.15) is 18.3 Å². The first-order valence-electron chi connectivity index (χ1n) is 3.36. The van der Waals surface area contributed by atoms with Crippen LogP contribution in [0.25, 0.3) is 0 Å². The van der Waals surface area contributed by atoms with Crippen molar-refractivity contribution in [3.63, 3.8) is 0 Å². The molecule has 0 unspecified atom stereocenters. The Balaban J connectivity index is 2.97. The van der Waals surface area contributed by atoms with Crippen LogP contribution in [0.1, 0.15) is 5.69 Å². The summed E-state index contributed by atoms with van der Waals surface area (Å²) in [5, 5.41) is 3.56. The molecule has 0 aliphatic rings. The zero-order valence-corrected chi connectivity index (χ0v) is 8.85. The van der Waals surface area contributed by atoms with E-state index in [4.69, 9.17) is 5.73 Å². The molecule has 7 heteroatoms. The van der Waals surface area contributed by atoms with E-state index in [9.17, 15) is 13.2 Å². The fourth-order valence-corrected chi connectivity index (χ4v) is 1.26. The first-order valence-corrected chi connectivity index (χ1v) is 4.44. The van der Waals surface area contributed by atoms with Gasteiger partial charge in [-0.1, -0.05) is 0 Å². The Bertz CT molecular complexity index is 318. The quantitative estimate of drug-likeness (QED) is 0.806. The number of aromatic nitrogens is 2. The molecule has 1 heterocycles. The van der Waals surface area contributed by atoms with Gasteiger partial charge in [0, 0.05) is 0 Å². The molecule has 0 saturated heterocycles. The van der Waals surface area contributed by atoms with Crippen LogP contribution in [0.3, 0.4) is 0 Å². The second kappa shape index (κ2) is 3.35. The highest BCUT2D eigenvalue weighted by atomic mass is 127. The normalized spacial score (nSPS) is 12.1. The van der Waals surface area contributed by atoms with E-state index in [1.807, 2.05) is 22.6 Å². The molecule has 0 amide bonds. The van der Waals surface area contributed by atoms with E-state index in [1.54, 1.807) is 6.92 Å². The van der Waals surface area contributed by atoms with E-state index >= 15 is 0 Å². The van der Waals surface area contributed by atoms with Gasteiger partial charge in [0.25, 0.3) is 0 Å². The smallest absolute Gasteiger partial charge is 0.381 e. The van der Waals surface area contributed by atoms with Crippen LogP contribution in [0.4, 0.5) is 19.0 Å². The lowest BCUT2D eigenvalue weighted by Gasteiger charge is -2.07. The predicted molar refractivity (Wildman–Crippen MR) is 50.1 cm³/mol. The van der Waals surface area contributed by atoms with Crippen molar-refractivity contribution in [2.75, 3.05) is 5.73 Å². The lowest BCUT2D eigenvalue weighted by atomic mass is 10.4. The summed E-state index contributed by atoms with van der Waals surface area (Å²) < 4.78 is 37.3. The van der Waals surface area contributed by atoms with E-state index < -0.39 is 12.7 Å². The molecule has 1 rings (SSSR count). The molecule has 74 valence electrons. The molecule has 0 bridgehead atoms. The Morgan fingerprint density at radius 3 is 2.38 bits per heavy atom. The number of rotatable bonds is 1. The largest absolute Gasteiger partial charge is 0.408 e. The van der Waals surface area contributed by atoms with Crippen LogP contribution >= 0.6 is 22.6 Å². The molecule has 3 nitrogen and oxygen atoms in total. The Labute approximate surface area is 86.2 Å². The highest BCUT2D eigenvalue weighted by Gasteiger charge is 2.29. The fourth-order valence-electron chi connectivity index (χ4n) is 0.871. The highest BCUT2D eigenvalue weighted by molar-refractivity contribution is 14.1. The molecular formula is C6H7F3IN3. The maximum atomic E-state index is 12.0. The number of alkyl halides is 3. The Morgan fingerprint density at radius 1 is 1.54 bits per heavy atom. The number of halogens is 4. The van der Waals surface area contributed by atoms with Gasteiger partial charge in [-0.15, -0.1) is 0 Å². The monoisotopic (exact) mass is 305 g/mol. The SMILES string of the molecule is Cc1c(I)c(N)nn1CC(F)(F)F. The van der Waals surface area contributed by atoms with Crippen molar-refractivity contribution in [1.82, 2.24) is 9.78 Å². The minimum Gasteiger partial charge on any atom is -0.381 e. The summed E-state index contributed by atoms with van der Waals surface area (Å²) in [6.07, 6.45) is -4.26. The zero-order chi connectivity index (χ0) is 10.2. The molecule has 0 aliphatic heterocycles. The maximum Gasteiger partial charge on any atom is 0.408 e. The van der Waals surface area contributed by atoms with E-state index in [2.05, 4.69) is 5.10 Å². The lowest BCUT2D eigenvalue weighted by Crippen LogP contribution is -2.19. The number of nitrogen functional groups attached to an aromatic ring is 1. The molecule has 0 aliphatic carbocycles. The third kappa shape index (κ3) is 2.48. The van der Waals surface area contributed by atoms with Crippen molar-refractivity contribution in [3.05, 3.63) is 9.26 Å². The van der Waals surface area contributed by atoms with Gasteiger partial charge in [0.15, 0.2) is 5.82 Å². The summed E-state index contributed by atoms with van der Waals surface area (Å²) in [5.74, 6) is 0.141. The number of anilines is 1. The average molecular weight is 305 g/mol. The second-order valence-electron chi connectivity index (χ2n) is 2.56. The standard InChI is InChI=1S/C6H7F3IN3/c1-3-4(10)5(11)12-13(3)2-6(7,8)9/h2H2,1H3,(H2,11,12). The highest BCUT2D eigenvalue weighted by Crippen LogP contribution is 2.22. The molecule has 0 spiro atoms. The van der Waals surface area contributed by atoms with Gasteiger partial charge in [0.1, 0.15) is 6.54 Å². The van der Waals surface area contributed by atoms with Gasteiger partial charge >= 0.3 is 6.18 Å². The van der Waals surface area contributed by atoms with Gasteiger partial charge in [-0.3, -0.25) is 4.68 Å². The summed E-state index contributed by atoms with van der Waals surface area (Å²) in [6.45, 7) is 0.461. The van der Waals surface area contributed by atoms with Crippen molar-refractivity contribution >= 4 is 28.4 Å². The molecule has 13 heavy (non-hydrogen) atoms. The third-order valence-corrected chi connectivity index (χ3v) is 2.82. The summed E-state index contributed by atoms with van der Waals surface area (Å²) >= 11 is 1.87. The van der Waals surface area contributed by atoms with Crippen LogP contribution in [0.2, 0.25) is 0 Å². The van der Waals surface area contributed by atoms with Crippen LogP contribution in [-0.4, -0.2) is 16.0 Å². The van der Waals surface area contributed by atoms with E-state index in [0.717, 1.165) is 4.68 Å². The third-order valence-electron chi connectivity index (χ3n) is 1.49. The molecular weight excluding hydrogens is 298 g/mol. The first-order chi connectivity index (χ1) is 5.81. The van der Waals surface area contributed by atoms with Crippen molar-refractivity contribution in [3.8, 4) is 0 Å². The van der Waals surface area contributed by atoms with Gasteiger partial charge in [-0.25, -0.2) is 0 Å². The minimum absolute atomic E-state index is 0.141. The first kappa shape index (κ1) is 10.6. The minimum atomic E-state index is -4.26. The molecule has 0 fully saturated rings. The number of nitrogens with zero attached hydrogens (tertiary/aromatic N) is 2. The molecule has 0 aromatic carbocycles. The van der Waals surface area contributed by atoms with Crippen molar-refractivity contribution in [2.24, 2.45) is 0 Å². The predicted octanol–water partition coefficient (Wildman–Crippen LogP) is 1.94. The van der Waals surface area contributed by atoms with E-state index in [0.29, 0.717) is 9.26 Å². The van der Waals surface area contributed by atoms with Crippen LogP contribution in [0.15, 0.2) is 0 Å². The maximum absolute atomic E-state index is 12.0. The molecule has 0 radical (unpaired) electrons. The van der Waals surface area contributed by atoms with Crippen molar-refractivity contribution in [2.45, 2.75) is 19.6 Å². The Hall–Kier alpha value is -0.470. The summed E-state index contributed by atoms with van der Waals surface area (Å²) in [4.78, 5) is 0. The van der Waals surface area contributed by atoms with Gasteiger partial charge < -0.3 is 5.73 Å². The molecule has 1 aromatic rings. The summed E-state index contributed by atoms with van der Waals surface area (Å²) in [7, 11) is 0. The topological polar surface area (TPSA) is 43.8 Å². The summed E-state index contributed by atoms with van der Waals surface area (Å²) in [6, 6.07) is 0. The van der Waals surface area contributed by atoms with E-state index in [-0.39, 0.29) is 5.82 Å². The Kier molecular flexibility index (Phi) is 2.74. The van der Waals surface area contributed by atoms with Crippen molar-refractivity contribution in [1.29, 1.82) is 0 Å². The van der Waals surface area contributed by atoms with Crippen LogP contribution in [0, 0.1) is 10.5 Å². The molecule has 0 atom stereocenters. The number of hydrogen-bond donors (Lipinski definition) is 1. The van der Waals surface area contributed by atoms with Crippen LogP contribution in [-0.2, 0) is 6.54 Å². The van der Waals surface area contributed by atoms with Gasteiger partial charge in [-0.05, 0) is 29.5 Å². The van der Waals surface area contributed by atoms with E-state index in [1.165, 1.54) is 0 Å². The van der Waals surface area contributed by atoms with Gasteiger partial charge in [0.2, 0.25) is 0 Å². The second-order valence-corrected chi connectivity index (χ2v) is 3.64. The average Bonchev–Trinajstić information content (AvgIpc) is 2.15. The lowest BCUT2D eigenvalue weighted by molar-refractivity contribution is -0.142. The number of nitrogens with two attached hydrogens (primary N) is 1. The van der Waals surface area contributed by atoms with Gasteiger partial charge in [0.05, 0.1) is 9.26 Å². The zero-order valence-electron chi connectivity index (χ0n) is 6.69. The van der Waals surface area contributed by atoms with Crippen molar-refractivity contribution < 1.29 is 13.2 Å². The van der Waals surface area contributed by atoms with Crippen LogP contribution < -0.4 is 5.73 Å². The Morgan fingerprint density at radius 2 is 2.08 bits per heavy atom.